The van der Waals surface area contributed by atoms with Crippen LogP contribution in [0.4, 0.5) is 0 Å². The maximum Gasteiger partial charge on any atom is 0.331 e. The van der Waals surface area contributed by atoms with Crippen LogP contribution in [0.3, 0.4) is 0 Å². The van der Waals surface area contributed by atoms with Crippen LogP contribution >= 0.6 is 0 Å². The average Bonchev–Trinajstić information content (AvgIpc) is 2.19. The smallest absolute Gasteiger partial charge is 0.331 e. The molecule has 1 aromatic rings. The van der Waals surface area contributed by atoms with Crippen LogP contribution in [0, 0.1) is 13.8 Å². The average molecular weight is 244 g/mol. The highest BCUT2D eigenvalue weighted by atomic mass is 32.2. The van der Waals surface area contributed by atoms with Crippen LogP contribution in [-0.2, 0) is 19.1 Å². The minimum Gasteiger partial charge on any atom is -0.479 e. The monoisotopic (exact) mass is 244 g/mol. The number of hydrogen-bond acceptors (Lipinski definition) is 4. The van der Waals surface area contributed by atoms with E-state index in [9.17, 15) is 13.2 Å². The van der Waals surface area contributed by atoms with Crippen LogP contribution in [0.1, 0.15) is 11.1 Å². The molecule has 88 valence electrons. The zero-order chi connectivity index (χ0) is 12.3. The summed E-state index contributed by atoms with van der Waals surface area (Å²) < 4.78 is 27.6. The molecular weight excluding hydrogens is 232 g/mol. The first-order chi connectivity index (χ1) is 7.34. The molecule has 0 radical (unpaired) electrons. The topological polar surface area (TPSA) is 80.7 Å². The van der Waals surface area contributed by atoms with Crippen LogP contribution in [0.5, 0.6) is 0 Å². The molecule has 0 saturated carbocycles. The summed E-state index contributed by atoms with van der Waals surface area (Å²) in [6.45, 7) is 2.55. The molecular formula is C10H12O5S. The quantitative estimate of drug-likeness (QED) is 0.802. The fourth-order valence-electron chi connectivity index (χ4n) is 1.19. The Morgan fingerprint density at radius 2 is 2.00 bits per heavy atom. The zero-order valence-corrected chi connectivity index (χ0v) is 9.74. The third kappa shape index (κ3) is 2.80. The predicted molar refractivity (Wildman–Crippen MR) is 56.7 cm³/mol. The Morgan fingerprint density at radius 3 is 2.56 bits per heavy atom. The summed E-state index contributed by atoms with van der Waals surface area (Å²) in [6.07, 6.45) is 0. The van der Waals surface area contributed by atoms with E-state index in [-0.39, 0.29) is 4.90 Å². The van der Waals surface area contributed by atoms with Crippen molar-refractivity contribution in [2.75, 3.05) is 6.61 Å². The molecule has 1 aromatic carbocycles. The molecule has 6 heteroatoms. The molecule has 0 bridgehead atoms. The number of benzene rings is 1. The van der Waals surface area contributed by atoms with Gasteiger partial charge in [0.2, 0.25) is 0 Å². The first kappa shape index (κ1) is 12.7. The van der Waals surface area contributed by atoms with Gasteiger partial charge in [-0.05, 0) is 31.0 Å². The van der Waals surface area contributed by atoms with E-state index in [0.29, 0.717) is 5.56 Å². The minimum atomic E-state index is -3.99. The molecule has 0 atom stereocenters. The summed E-state index contributed by atoms with van der Waals surface area (Å²) in [6, 6.07) is 4.74. The molecule has 0 aliphatic carbocycles. The van der Waals surface area contributed by atoms with Gasteiger partial charge in [-0.2, -0.15) is 8.42 Å². The first-order valence-electron chi connectivity index (χ1n) is 4.52. The van der Waals surface area contributed by atoms with Crippen molar-refractivity contribution in [3.8, 4) is 0 Å². The number of aliphatic carboxylic acids is 1. The summed E-state index contributed by atoms with van der Waals surface area (Å²) in [4.78, 5) is 10.2. The van der Waals surface area contributed by atoms with Crippen molar-refractivity contribution in [2.24, 2.45) is 0 Å². The van der Waals surface area contributed by atoms with E-state index in [4.69, 9.17) is 5.11 Å². The van der Waals surface area contributed by atoms with Crippen molar-refractivity contribution < 1.29 is 22.5 Å². The SMILES string of the molecule is Cc1cccc(S(=O)(=O)OCC(=O)O)c1C. The van der Waals surface area contributed by atoms with Gasteiger partial charge in [-0.25, -0.2) is 4.79 Å². The van der Waals surface area contributed by atoms with Crippen LogP contribution < -0.4 is 0 Å². The molecule has 0 aromatic heterocycles. The lowest BCUT2D eigenvalue weighted by Crippen LogP contribution is -2.14. The Labute approximate surface area is 93.8 Å². The number of rotatable bonds is 4. The van der Waals surface area contributed by atoms with Crippen molar-refractivity contribution in [3.05, 3.63) is 29.3 Å². The summed E-state index contributed by atoms with van der Waals surface area (Å²) in [5.74, 6) is -1.33. The van der Waals surface area contributed by atoms with Crippen molar-refractivity contribution >= 4 is 16.1 Å². The Bertz CT molecular complexity index is 504. The Kier molecular flexibility index (Phi) is 3.66. The van der Waals surface area contributed by atoms with Gasteiger partial charge in [-0.1, -0.05) is 12.1 Å². The highest BCUT2D eigenvalue weighted by molar-refractivity contribution is 7.86. The lowest BCUT2D eigenvalue weighted by Gasteiger charge is -2.08. The molecule has 0 amide bonds. The van der Waals surface area contributed by atoms with Crippen molar-refractivity contribution in [1.82, 2.24) is 0 Å². The van der Waals surface area contributed by atoms with Gasteiger partial charge in [0.05, 0.1) is 4.90 Å². The van der Waals surface area contributed by atoms with Crippen LogP contribution in [-0.4, -0.2) is 26.1 Å². The number of carbonyl (C=O) groups is 1. The predicted octanol–water partition coefficient (Wildman–Crippen LogP) is 1.09. The van der Waals surface area contributed by atoms with Gasteiger partial charge in [-0.15, -0.1) is 0 Å². The second-order valence-electron chi connectivity index (χ2n) is 3.31. The molecule has 0 unspecified atom stereocenters. The van der Waals surface area contributed by atoms with Crippen molar-refractivity contribution in [1.29, 1.82) is 0 Å². The van der Waals surface area contributed by atoms with Gasteiger partial charge in [-0.3, -0.25) is 4.18 Å². The van der Waals surface area contributed by atoms with E-state index in [1.807, 2.05) is 0 Å². The lowest BCUT2D eigenvalue weighted by atomic mass is 10.1. The van der Waals surface area contributed by atoms with Crippen LogP contribution in [0.2, 0.25) is 0 Å². The molecule has 0 aliphatic rings. The molecule has 0 spiro atoms. The third-order valence-corrected chi connectivity index (χ3v) is 3.57. The van der Waals surface area contributed by atoms with Gasteiger partial charge in [0.25, 0.3) is 10.1 Å². The second-order valence-corrected chi connectivity index (χ2v) is 4.89. The van der Waals surface area contributed by atoms with E-state index in [1.54, 1.807) is 26.0 Å². The Morgan fingerprint density at radius 1 is 1.38 bits per heavy atom. The van der Waals surface area contributed by atoms with Gasteiger partial charge >= 0.3 is 5.97 Å². The Balaban J connectivity index is 3.08. The number of carboxylic acid groups (broad SMARTS) is 1. The molecule has 0 saturated heterocycles. The van der Waals surface area contributed by atoms with Gasteiger partial charge < -0.3 is 5.11 Å². The second kappa shape index (κ2) is 4.63. The number of hydrogen-bond donors (Lipinski definition) is 1. The summed E-state index contributed by atoms with van der Waals surface area (Å²) in [7, 11) is -3.99. The van der Waals surface area contributed by atoms with Gasteiger partial charge in [0, 0.05) is 0 Å². The normalized spacial score (nSPS) is 11.4. The molecule has 1 rings (SSSR count). The van der Waals surface area contributed by atoms with Gasteiger partial charge in [0.15, 0.2) is 6.61 Å². The lowest BCUT2D eigenvalue weighted by molar-refractivity contribution is -0.139. The molecule has 0 fully saturated rings. The van der Waals surface area contributed by atoms with E-state index < -0.39 is 22.7 Å². The first-order valence-corrected chi connectivity index (χ1v) is 5.93. The Hall–Kier alpha value is -1.40. The molecule has 0 heterocycles. The molecule has 1 N–H and O–H groups in total. The molecule has 0 aliphatic heterocycles. The maximum absolute atomic E-state index is 11.6. The standard InChI is InChI=1S/C10H12O5S/c1-7-4-3-5-9(8(7)2)16(13,14)15-6-10(11)12/h3-5H,6H2,1-2H3,(H,11,12). The fraction of sp³-hybridized carbons (Fsp3) is 0.300. The maximum atomic E-state index is 11.6. The third-order valence-electron chi connectivity index (χ3n) is 2.16. The molecule has 16 heavy (non-hydrogen) atoms. The van der Waals surface area contributed by atoms with Crippen LogP contribution in [0.25, 0.3) is 0 Å². The number of carboxylic acids is 1. The summed E-state index contributed by atoms with van der Waals surface area (Å²) in [5, 5.41) is 8.36. The minimum absolute atomic E-state index is 0.00810. The number of aryl methyl sites for hydroxylation is 1. The van der Waals surface area contributed by atoms with Crippen molar-refractivity contribution in [2.45, 2.75) is 18.7 Å². The largest absolute Gasteiger partial charge is 0.479 e. The zero-order valence-electron chi connectivity index (χ0n) is 8.93. The molecule has 5 nitrogen and oxygen atoms in total. The van der Waals surface area contributed by atoms with E-state index in [2.05, 4.69) is 4.18 Å². The highest BCUT2D eigenvalue weighted by Crippen LogP contribution is 2.19. The highest BCUT2D eigenvalue weighted by Gasteiger charge is 2.19. The van der Waals surface area contributed by atoms with Gasteiger partial charge in [0.1, 0.15) is 0 Å². The van der Waals surface area contributed by atoms with E-state index in [0.717, 1.165) is 5.56 Å². The van der Waals surface area contributed by atoms with E-state index >= 15 is 0 Å². The summed E-state index contributed by atoms with van der Waals surface area (Å²) >= 11 is 0. The summed E-state index contributed by atoms with van der Waals surface area (Å²) in [5.41, 5.74) is 1.37. The van der Waals surface area contributed by atoms with Crippen LogP contribution in [0.15, 0.2) is 23.1 Å². The van der Waals surface area contributed by atoms with E-state index in [1.165, 1.54) is 6.07 Å². The van der Waals surface area contributed by atoms with Crippen molar-refractivity contribution in [3.63, 3.8) is 0 Å². The fourth-order valence-corrected chi connectivity index (χ4v) is 2.35.